The highest BCUT2D eigenvalue weighted by Crippen LogP contribution is 2.41. The molecule has 1 atom stereocenters. The van der Waals surface area contributed by atoms with Crippen LogP contribution in [0.4, 0.5) is 27.6 Å². The maximum Gasteiger partial charge on any atom is 0.416 e. The van der Waals surface area contributed by atoms with Crippen LogP contribution in [-0.4, -0.2) is 24.8 Å². The fourth-order valence-electron chi connectivity index (χ4n) is 4.98. The average molecular weight is 524 g/mol. The lowest BCUT2D eigenvalue weighted by Crippen LogP contribution is -2.35. The van der Waals surface area contributed by atoms with Gasteiger partial charge in [0, 0.05) is 26.3 Å². The van der Waals surface area contributed by atoms with Crippen LogP contribution >= 0.6 is 0 Å². The van der Waals surface area contributed by atoms with Crippen molar-refractivity contribution in [3.8, 4) is 0 Å². The summed E-state index contributed by atoms with van der Waals surface area (Å²) in [6, 6.07) is 7.60. The number of halogens is 5. The highest BCUT2D eigenvalue weighted by atomic mass is 32.2. The van der Waals surface area contributed by atoms with E-state index in [0.717, 1.165) is 40.6 Å². The largest absolute Gasteiger partial charge is 0.416 e. The Labute approximate surface area is 205 Å². The van der Waals surface area contributed by atoms with Crippen molar-refractivity contribution in [3.05, 3.63) is 88.2 Å². The van der Waals surface area contributed by atoms with Crippen molar-refractivity contribution in [2.45, 2.75) is 49.5 Å². The van der Waals surface area contributed by atoms with Crippen LogP contribution in [0.15, 0.2) is 53.6 Å². The third-order valence-electron chi connectivity index (χ3n) is 6.85. The fraction of sp³-hybridized carbons (Fsp3) is 0.320. The summed E-state index contributed by atoms with van der Waals surface area (Å²) in [6.45, 7) is 0.0515. The van der Waals surface area contributed by atoms with Crippen LogP contribution in [0.1, 0.15) is 46.8 Å². The molecule has 36 heavy (non-hydrogen) atoms. The van der Waals surface area contributed by atoms with Crippen molar-refractivity contribution >= 4 is 15.7 Å². The van der Waals surface area contributed by atoms with Crippen LogP contribution in [0, 0.1) is 11.6 Å². The van der Waals surface area contributed by atoms with Gasteiger partial charge in [-0.3, -0.25) is 4.98 Å². The lowest BCUT2D eigenvalue weighted by molar-refractivity contribution is -0.137. The maximum absolute atomic E-state index is 13.9. The zero-order valence-corrected chi connectivity index (χ0v) is 20.0. The fourth-order valence-corrected chi connectivity index (χ4v) is 6.57. The lowest BCUT2D eigenvalue weighted by Gasteiger charge is -2.33. The smallest absolute Gasteiger partial charge is 0.362 e. The molecule has 11 heteroatoms. The molecule has 5 nitrogen and oxygen atoms in total. The van der Waals surface area contributed by atoms with Gasteiger partial charge in [0.05, 0.1) is 23.0 Å². The van der Waals surface area contributed by atoms with E-state index in [9.17, 15) is 30.4 Å². The predicted octanol–water partition coefficient (Wildman–Crippen LogP) is 5.60. The zero-order valence-electron chi connectivity index (χ0n) is 19.2. The molecular weight excluding hydrogens is 501 g/mol. The van der Waals surface area contributed by atoms with Gasteiger partial charge in [-0.05, 0) is 72.4 Å². The minimum Gasteiger partial charge on any atom is -0.362 e. The number of anilines is 1. The third kappa shape index (κ3) is 4.24. The van der Waals surface area contributed by atoms with Gasteiger partial charge in [0.1, 0.15) is 4.90 Å². The number of alkyl halides is 3. The first kappa shape index (κ1) is 24.6. The van der Waals surface area contributed by atoms with Gasteiger partial charge in [0.2, 0.25) is 10.0 Å². The molecule has 1 aromatic heterocycles. The number of hydrogen-bond acceptors (Lipinski definition) is 4. The topological polar surface area (TPSA) is 53.5 Å². The molecular formula is C25H22F5N3O2S. The Morgan fingerprint density at radius 2 is 1.67 bits per heavy atom. The summed E-state index contributed by atoms with van der Waals surface area (Å²) in [4.78, 5) is 5.36. The number of aromatic nitrogens is 1. The molecule has 0 saturated carbocycles. The molecule has 0 bridgehead atoms. The highest BCUT2D eigenvalue weighted by molar-refractivity contribution is 7.89. The number of fused-ring (bicyclic) bond motifs is 2. The second-order valence-electron chi connectivity index (χ2n) is 9.05. The van der Waals surface area contributed by atoms with Crippen LogP contribution in [0.25, 0.3) is 0 Å². The Morgan fingerprint density at radius 1 is 1.00 bits per heavy atom. The van der Waals surface area contributed by atoms with Crippen molar-refractivity contribution in [2.24, 2.45) is 0 Å². The van der Waals surface area contributed by atoms with Gasteiger partial charge in [-0.1, -0.05) is 6.07 Å². The molecule has 0 N–H and O–H groups in total. The second-order valence-corrected chi connectivity index (χ2v) is 11.0. The monoisotopic (exact) mass is 523 g/mol. The minimum absolute atomic E-state index is 0.0257. The second kappa shape index (κ2) is 8.81. The van der Waals surface area contributed by atoms with E-state index in [4.69, 9.17) is 0 Å². The van der Waals surface area contributed by atoms with Crippen LogP contribution in [0.2, 0.25) is 0 Å². The molecule has 1 aliphatic carbocycles. The summed E-state index contributed by atoms with van der Waals surface area (Å²) in [5.41, 5.74) is 1.30. The van der Waals surface area contributed by atoms with Gasteiger partial charge in [0.25, 0.3) is 0 Å². The standard InChI is InChI=1S/C25H22F5N3O2S/c1-32(22-6-2-4-15-5-3-9-31-24(15)22)36(34,35)23-12-18(25(28,29)30)7-8-21(23)33-13-16-10-19(26)20(27)11-17(16)14-33/h3,5,7-12,22H,2,4,6,13-14H2,1H3. The van der Waals surface area contributed by atoms with Gasteiger partial charge in [0.15, 0.2) is 11.6 Å². The number of sulfonamides is 1. The third-order valence-corrected chi connectivity index (χ3v) is 8.75. The summed E-state index contributed by atoms with van der Waals surface area (Å²) >= 11 is 0. The van der Waals surface area contributed by atoms with E-state index in [1.165, 1.54) is 11.9 Å². The number of pyridine rings is 1. The van der Waals surface area contributed by atoms with Crippen molar-refractivity contribution in [2.75, 3.05) is 11.9 Å². The molecule has 0 spiro atoms. The summed E-state index contributed by atoms with van der Waals surface area (Å²) in [7, 11) is -3.09. The Morgan fingerprint density at radius 3 is 2.31 bits per heavy atom. The number of hydrogen-bond donors (Lipinski definition) is 0. The first-order valence-electron chi connectivity index (χ1n) is 11.3. The van der Waals surface area contributed by atoms with Gasteiger partial charge in [-0.15, -0.1) is 0 Å². The Hall–Kier alpha value is -3.05. The van der Waals surface area contributed by atoms with Crippen molar-refractivity contribution in [1.82, 2.24) is 9.29 Å². The molecule has 2 aliphatic rings. The molecule has 0 saturated heterocycles. The molecule has 0 radical (unpaired) electrons. The molecule has 2 heterocycles. The van der Waals surface area contributed by atoms with Gasteiger partial charge < -0.3 is 4.90 Å². The SMILES string of the molecule is CN(C1CCCc2cccnc21)S(=O)(=O)c1cc(C(F)(F)F)ccc1N1Cc2cc(F)c(F)cc2C1. The molecule has 190 valence electrons. The number of aryl methyl sites for hydroxylation is 1. The minimum atomic E-state index is -4.76. The first-order valence-corrected chi connectivity index (χ1v) is 12.8. The average Bonchev–Trinajstić information content (AvgIpc) is 3.25. The Kier molecular flexibility index (Phi) is 6.03. The van der Waals surface area contributed by atoms with E-state index < -0.39 is 44.3 Å². The van der Waals surface area contributed by atoms with Gasteiger partial charge in [-0.25, -0.2) is 17.2 Å². The highest BCUT2D eigenvalue weighted by Gasteiger charge is 2.39. The van der Waals surface area contributed by atoms with E-state index in [2.05, 4.69) is 4.98 Å². The van der Waals surface area contributed by atoms with Crippen molar-refractivity contribution in [3.63, 3.8) is 0 Å². The van der Waals surface area contributed by atoms with Crippen LogP contribution in [0.5, 0.6) is 0 Å². The molecule has 1 unspecified atom stereocenters. The van der Waals surface area contributed by atoms with Crippen molar-refractivity contribution in [1.29, 1.82) is 0 Å². The van der Waals surface area contributed by atoms with Crippen LogP contribution in [0.3, 0.4) is 0 Å². The summed E-state index contributed by atoms with van der Waals surface area (Å²) in [6.07, 6.45) is -1.28. The molecule has 3 aromatic rings. The van der Waals surface area contributed by atoms with E-state index >= 15 is 0 Å². The predicted molar refractivity (Wildman–Crippen MR) is 123 cm³/mol. The first-order chi connectivity index (χ1) is 17.0. The summed E-state index contributed by atoms with van der Waals surface area (Å²) in [5.74, 6) is -2.09. The van der Waals surface area contributed by atoms with E-state index in [-0.39, 0.29) is 18.8 Å². The molecule has 2 aromatic carbocycles. The lowest BCUT2D eigenvalue weighted by atomic mass is 9.92. The zero-order chi connectivity index (χ0) is 25.8. The van der Waals surface area contributed by atoms with Crippen LogP contribution < -0.4 is 4.90 Å². The summed E-state index contributed by atoms with van der Waals surface area (Å²) < 4.78 is 97.2. The summed E-state index contributed by atoms with van der Waals surface area (Å²) in [5, 5.41) is 0. The Bertz CT molecular complexity index is 1410. The molecule has 0 amide bonds. The maximum atomic E-state index is 13.9. The van der Waals surface area contributed by atoms with E-state index in [1.54, 1.807) is 12.3 Å². The number of rotatable bonds is 4. The molecule has 5 rings (SSSR count). The number of nitrogens with zero attached hydrogens (tertiary/aromatic N) is 3. The molecule has 1 aliphatic heterocycles. The Balaban J connectivity index is 1.59. The van der Waals surface area contributed by atoms with E-state index in [0.29, 0.717) is 35.7 Å². The molecule has 0 fully saturated rings. The van der Waals surface area contributed by atoms with Crippen LogP contribution in [-0.2, 0) is 35.7 Å². The van der Waals surface area contributed by atoms with Gasteiger partial charge in [-0.2, -0.15) is 17.5 Å². The van der Waals surface area contributed by atoms with Crippen molar-refractivity contribution < 1.29 is 30.4 Å². The normalized spacial score (nSPS) is 17.9. The number of benzene rings is 2. The van der Waals surface area contributed by atoms with Gasteiger partial charge >= 0.3 is 6.18 Å². The quantitative estimate of drug-likeness (QED) is 0.418. The van der Waals surface area contributed by atoms with E-state index in [1.807, 2.05) is 6.07 Å².